The van der Waals surface area contributed by atoms with E-state index >= 15 is 0 Å². The predicted molar refractivity (Wildman–Crippen MR) is 118 cm³/mol. The van der Waals surface area contributed by atoms with Crippen LogP contribution < -0.4 is 0 Å². The molecule has 1 heterocycles. The van der Waals surface area contributed by atoms with Gasteiger partial charge in [-0.05, 0) is 30.2 Å². The minimum Gasteiger partial charge on any atom is -0.239 e. The Hall–Kier alpha value is -3.22. The summed E-state index contributed by atoms with van der Waals surface area (Å²) in [6.45, 7) is 2.30. The quantitative estimate of drug-likeness (QED) is 0.443. The highest BCUT2D eigenvalue weighted by Gasteiger charge is 2.29. The average molecular weight is 418 g/mol. The number of hydrogen-bond acceptors (Lipinski definition) is 3. The molecule has 0 bridgehead atoms. The molecule has 5 nitrogen and oxygen atoms in total. The summed E-state index contributed by atoms with van der Waals surface area (Å²) >= 11 is 0. The van der Waals surface area contributed by atoms with Crippen molar-refractivity contribution in [3.8, 4) is 5.69 Å². The highest BCUT2D eigenvalue weighted by atomic mass is 32.2. The first-order chi connectivity index (χ1) is 14.5. The van der Waals surface area contributed by atoms with Crippen LogP contribution in [0.5, 0.6) is 0 Å². The van der Waals surface area contributed by atoms with E-state index in [1.807, 2.05) is 91.0 Å². The van der Waals surface area contributed by atoms with E-state index in [1.165, 1.54) is 4.31 Å². The van der Waals surface area contributed by atoms with Crippen LogP contribution in [0.1, 0.15) is 16.8 Å². The third-order valence-electron chi connectivity index (χ3n) is 4.90. The van der Waals surface area contributed by atoms with Crippen LogP contribution in [0.15, 0.2) is 102 Å². The lowest BCUT2D eigenvalue weighted by atomic mass is 10.2. The SMILES string of the molecule is Cc1nn(-c2ccccc2)cc1S(=O)(=O)N(Cc1ccccc1)Cc1ccccc1. The van der Waals surface area contributed by atoms with Gasteiger partial charge in [-0.25, -0.2) is 13.1 Å². The maximum absolute atomic E-state index is 13.7. The Bertz CT molecular complexity index is 1160. The summed E-state index contributed by atoms with van der Waals surface area (Å²) in [6, 6.07) is 28.8. The molecule has 0 fully saturated rings. The van der Waals surface area contributed by atoms with Crippen LogP contribution in [0, 0.1) is 6.92 Å². The molecular weight excluding hydrogens is 394 g/mol. The van der Waals surface area contributed by atoms with Crippen LogP contribution in [0.2, 0.25) is 0 Å². The zero-order chi connectivity index (χ0) is 21.0. The average Bonchev–Trinajstić information content (AvgIpc) is 3.18. The first kappa shape index (κ1) is 20.1. The normalized spacial score (nSPS) is 11.7. The predicted octanol–water partition coefficient (Wildman–Crippen LogP) is 4.57. The lowest BCUT2D eigenvalue weighted by Crippen LogP contribution is -2.30. The van der Waals surface area contributed by atoms with Gasteiger partial charge in [-0.1, -0.05) is 78.9 Å². The van der Waals surface area contributed by atoms with Crippen LogP contribution in [0.3, 0.4) is 0 Å². The van der Waals surface area contributed by atoms with E-state index in [9.17, 15) is 8.42 Å². The molecular formula is C24H23N3O2S. The Morgan fingerprint density at radius 1 is 0.767 bits per heavy atom. The van der Waals surface area contributed by atoms with Gasteiger partial charge in [0.1, 0.15) is 4.90 Å². The van der Waals surface area contributed by atoms with E-state index in [0.717, 1.165) is 16.8 Å². The van der Waals surface area contributed by atoms with Crippen molar-refractivity contribution < 1.29 is 8.42 Å². The smallest absolute Gasteiger partial charge is 0.239 e. The minimum absolute atomic E-state index is 0.221. The van der Waals surface area contributed by atoms with Crippen LogP contribution in [-0.4, -0.2) is 22.5 Å². The molecule has 4 aromatic rings. The van der Waals surface area contributed by atoms with Crippen LogP contribution in [0.25, 0.3) is 5.69 Å². The number of sulfonamides is 1. The Balaban J connectivity index is 1.72. The molecule has 0 N–H and O–H groups in total. The van der Waals surface area contributed by atoms with Gasteiger partial charge >= 0.3 is 0 Å². The summed E-state index contributed by atoms with van der Waals surface area (Å²) in [5, 5.41) is 4.45. The molecule has 0 atom stereocenters. The lowest BCUT2D eigenvalue weighted by Gasteiger charge is -2.22. The van der Waals surface area contributed by atoms with Gasteiger partial charge < -0.3 is 0 Å². The molecule has 30 heavy (non-hydrogen) atoms. The van der Waals surface area contributed by atoms with Crippen molar-refractivity contribution in [2.75, 3.05) is 0 Å². The number of rotatable bonds is 7. The Kier molecular flexibility index (Phi) is 5.79. The number of aryl methyl sites for hydroxylation is 1. The molecule has 0 amide bonds. The number of nitrogens with zero attached hydrogens (tertiary/aromatic N) is 3. The zero-order valence-electron chi connectivity index (χ0n) is 16.7. The molecule has 0 aliphatic carbocycles. The number of para-hydroxylation sites is 1. The maximum atomic E-state index is 13.7. The van der Waals surface area contributed by atoms with Gasteiger partial charge in [0.15, 0.2) is 0 Å². The second kappa shape index (κ2) is 8.65. The fraction of sp³-hybridized carbons (Fsp3) is 0.125. The van der Waals surface area contributed by atoms with E-state index in [4.69, 9.17) is 0 Å². The number of aromatic nitrogens is 2. The second-order valence-corrected chi connectivity index (χ2v) is 9.01. The third-order valence-corrected chi connectivity index (χ3v) is 6.79. The van der Waals surface area contributed by atoms with Crippen molar-refractivity contribution in [3.63, 3.8) is 0 Å². The zero-order valence-corrected chi connectivity index (χ0v) is 17.5. The van der Waals surface area contributed by atoms with Crippen molar-refractivity contribution in [2.24, 2.45) is 0 Å². The first-order valence-electron chi connectivity index (χ1n) is 9.74. The highest BCUT2D eigenvalue weighted by Crippen LogP contribution is 2.24. The molecule has 0 saturated heterocycles. The van der Waals surface area contributed by atoms with Crippen LogP contribution in [-0.2, 0) is 23.1 Å². The van der Waals surface area contributed by atoms with E-state index in [-0.39, 0.29) is 18.0 Å². The monoisotopic (exact) mass is 417 g/mol. The minimum atomic E-state index is -3.77. The molecule has 152 valence electrons. The fourth-order valence-corrected chi connectivity index (χ4v) is 4.91. The van der Waals surface area contributed by atoms with Gasteiger partial charge in [-0.2, -0.15) is 9.40 Å². The van der Waals surface area contributed by atoms with Gasteiger partial charge in [0.05, 0.1) is 17.6 Å². The summed E-state index contributed by atoms with van der Waals surface area (Å²) in [7, 11) is -3.77. The van der Waals surface area contributed by atoms with E-state index in [1.54, 1.807) is 17.8 Å². The fourth-order valence-electron chi connectivity index (χ4n) is 3.35. The number of benzene rings is 3. The summed E-state index contributed by atoms with van der Waals surface area (Å²) in [6.07, 6.45) is 1.60. The lowest BCUT2D eigenvalue weighted by molar-refractivity contribution is 0.401. The van der Waals surface area contributed by atoms with Crippen molar-refractivity contribution in [1.82, 2.24) is 14.1 Å². The molecule has 3 aromatic carbocycles. The van der Waals surface area contributed by atoms with Gasteiger partial charge in [0.25, 0.3) is 0 Å². The Morgan fingerprint density at radius 3 is 1.73 bits per heavy atom. The summed E-state index contributed by atoms with van der Waals surface area (Å²) in [5.74, 6) is 0. The van der Waals surface area contributed by atoms with Crippen molar-refractivity contribution in [3.05, 3.63) is 114 Å². The summed E-state index contributed by atoms with van der Waals surface area (Å²) in [5.41, 5.74) is 3.17. The molecule has 0 unspecified atom stereocenters. The van der Waals surface area contributed by atoms with Crippen molar-refractivity contribution in [2.45, 2.75) is 24.9 Å². The molecule has 1 aromatic heterocycles. The van der Waals surface area contributed by atoms with E-state index < -0.39 is 10.0 Å². The Labute approximate surface area is 177 Å². The summed E-state index contributed by atoms with van der Waals surface area (Å²) < 4.78 is 30.5. The second-order valence-electron chi connectivity index (χ2n) is 7.10. The highest BCUT2D eigenvalue weighted by molar-refractivity contribution is 7.89. The first-order valence-corrected chi connectivity index (χ1v) is 11.2. The molecule has 0 radical (unpaired) electrons. The van der Waals surface area contributed by atoms with Crippen molar-refractivity contribution in [1.29, 1.82) is 0 Å². The van der Waals surface area contributed by atoms with Gasteiger partial charge in [-0.3, -0.25) is 0 Å². The van der Waals surface area contributed by atoms with E-state index in [0.29, 0.717) is 5.69 Å². The molecule has 0 aliphatic rings. The largest absolute Gasteiger partial charge is 0.247 e. The third kappa shape index (κ3) is 4.35. The molecule has 4 rings (SSSR count). The van der Waals surface area contributed by atoms with Gasteiger partial charge in [0.2, 0.25) is 10.0 Å². The van der Waals surface area contributed by atoms with Gasteiger partial charge in [-0.15, -0.1) is 0 Å². The molecule has 0 aliphatic heterocycles. The van der Waals surface area contributed by atoms with Crippen molar-refractivity contribution >= 4 is 10.0 Å². The Morgan fingerprint density at radius 2 is 1.23 bits per heavy atom. The summed E-state index contributed by atoms with van der Waals surface area (Å²) in [4.78, 5) is 0.221. The van der Waals surface area contributed by atoms with Crippen LogP contribution in [0.4, 0.5) is 0 Å². The maximum Gasteiger partial charge on any atom is 0.247 e. The molecule has 0 saturated carbocycles. The molecule has 6 heteroatoms. The van der Waals surface area contributed by atoms with Gasteiger partial charge in [0, 0.05) is 13.1 Å². The van der Waals surface area contributed by atoms with Crippen LogP contribution >= 0.6 is 0 Å². The molecule has 0 spiro atoms. The number of hydrogen-bond donors (Lipinski definition) is 0. The van der Waals surface area contributed by atoms with E-state index in [2.05, 4.69) is 5.10 Å². The topological polar surface area (TPSA) is 55.2 Å². The standard InChI is InChI=1S/C24H23N3O2S/c1-20-24(19-27(25-20)23-15-9-4-10-16-23)30(28,29)26(17-21-11-5-2-6-12-21)18-22-13-7-3-8-14-22/h2-16,19H,17-18H2,1H3.